The Morgan fingerprint density at radius 2 is 1.86 bits per heavy atom. The van der Waals surface area contributed by atoms with Crippen LogP contribution in [0, 0.1) is 6.92 Å². The highest BCUT2D eigenvalue weighted by Crippen LogP contribution is 2.21. The zero-order chi connectivity index (χ0) is 15.8. The molecule has 0 unspecified atom stereocenters. The Bertz CT molecular complexity index is 455. The van der Waals surface area contributed by atoms with Crippen LogP contribution in [0.15, 0.2) is 18.2 Å². The van der Waals surface area contributed by atoms with Gasteiger partial charge in [-0.3, -0.25) is 4.79 Å². The fourth-order valence-electron chi connectivity index (χ4n) is 2.45. The van der Waals surface area contributed by atoms with Gasteiger partial charge >= 0.3 is 0 Å². The van der Waals surface area contributed by atoms with Crippen molar-refractivity contribution in [2.75, 3.05) is 38.1 Å². The number of carbonyl (C=O) groups excluding carboxylic acids is 1. The zero-order valence-corrected chi connectivity index (χ0v) is 14.1. The van der Waals surface area contributed by atoms with E-state index in [-0.39, 0.29) is 5.91 Å². The van der Waals surface area contributed by atoms with E-state index < -0.39 is 0 Å². The van der Waals surface area contributed by atoms with E-state index >= 15 is 0 Å². The minimum atomic E-state index is 0.178. The van der Waals surface area contributed by atoms with Crippen LogP contribution < -0.4 is 10.2 Å². The van der Waals surface area contributed by atoms with Crippen LogP contribution in [0.2, 0.25) is 0 Å². The van der Waals surface area contributed by atoms with Crippen LogP contribution in [0.1, 0.15) is 31.9 Å². The van der Waals surface area contributed by atoms with Gasteiger partial charge in [-0.05, 0) is 38.9 Å². The van der Waals surface area contributed by atoms with Crippen LogP contribution in [0.25, 0.3) is 0 Å². The fraction of sp³-hybridized carbons (Fsp3) is 0.588. The summed E-state index contributed by atoms with van der Waals surface area (Å²) in [5.41, 5.74) is 3.61. The average Bonchev–Trinajstić information content (AvgIpc) is 2.46. The quantitative estimate of drug-likeness (QED) is 0.799. The molecule has 0 atom stereocenters. The lowest BCUT2D eigenvalue weighted by Crippen LogP contribution is -2.39. The third kappa shape index (κ3) is 5.05. The maximum Gasteiger partial charge on any atom is 0.242 e. The van der Waals surface area contributed by atoms with E-state index in [0.717, 1.165) is 31.9 Å². The van der Waals surface area contributed by atoms with Crippen LogP contribution in [-0.2, 0) is 11.3 Å². The normalized spacial score (nSPS) is 10.5. The summed E-state index contributed by atoms with van der Waals surface area (Å²) in [6.07, 6.45) is 0. The molecular weight excluding hydrogens is 262 g/mol. The Balaban J connectivity index is 2.85. The standard InChI is InChI=1S/C17H29N3O/c1-6-18-12-15-11-14(4)9-10-16(15)19(5)13-17(21)20(7-2)8-3/h9-11,18H,6-8,12-13H2,1-5H3. The number of nitrogens with one attached hydrogen (secondary N) is 1. The number of rotatable bonds is 8. The summed E-state index contributed by atoms with van der Waals surface area (Å²) >= 11 is 0. The van der Waals surface area contributed by atoms with Crippen LogP contribution >= 0.6 is 0 Å². The molecule has 0 aliphatic heterocycles. The van der Waals surface area contributed by atoms with Crippen LogP contribution in [0.3, 0.4) is 0 Å². The van der Waals surface area contributed by atoms with Gasteiger partial charge in [0.2, 0.25) is 5.91 Å². The summed E-state index contributed by atoms with van der Waals surface area (Å²) in [7, 11) is 1.99. The predicted octanol–water partition coefficient (Wildman–Crippen LogP) is 2.41. The van der Waals surface area contributed by atoms with Crippen molar-refractivity contribution in [1.82, 2.24) is 10.2 Å². The smallest absolute Gasteiger partial charge is 0.242 e. The number of likely N-dealkylation sites (N-methyl/N-ethyl adjacent to an activating group) is 2. The first kappa shape index (κ1) is 17.5. The van der Waals surface area contributed by atoms with Gasteiger partial charge in [-0.1, -0.05) is 24.6 Å². The van der Waals surface area contributed by atoms with Gasteiger partial charge in [0.25, 0.3) is 0 Å². The van der Waals surface area contributed by atoms with Crippen molar-refractivity contribution in [3.05, 3.63) is 29.3 Å². The number of hydrogen-bond acceptors (Lipinski definition) is 3. The molecule has 0 aliphatic carbocycles. The van der Waals surface area contributed by atoms with E-state index in [0.29, 0.717) is 6.54 Å². The van der Waals surface area contributed by atoms with Crippen LogP contribution in [0.5, 0.6) is 0 Å². The third-order valence-electron chi connectivity index (χ3n) is 3.70. The molecule has 0 spiro atoms. The highest BCUT2D eigenvalue weighted by Gasteiger charge is 2.15. The summed E-state index contributed by atoms with van der Waals surface area (Å²) in [6.45, 7) is 12.0. The highest BCUT2D eigenvalue weighted by atomic mass is 16.2. The number of nitrogens with zero attached hydrogens (tertiary/aromatic N) is 2. The highest BCUT2D eigenvalue weighted by molar-refractivity contribution is 5.81. The van der Waals surface area contributed by atoms with Crippen molar-refractivity contribution in [3.8, 4) is 0 Å². The van der Waals surface area contributed by atoms with Gasteiger partial charge in [0, 0.05) is 32.4 Å². The van der Waals surface area contributed by atoms with E-state index in [4.69, 9.17) is 0 Å². The largest absolute Gasteiger partial charge is 0.365 e. The maximum absolute atomic E-state index is 12.2. The van der Waals surface area contributed by atoms with Crippen molar-refractivity contribution in [3.63, 3.8) is 0 Å². The first-order valence-electron chi connectivity index (χ1n) is 7.82. The monoisotopic (exact) mass is 291 g/mol. The third-order valence-corrected chi connectivity index (χ3v) is 3.70. The second-order valence-corrected chi connectivity index (χ2v) is 5.33. The summed E-state index contributed by atoms with van der Waals surface area (Å²) in [5.74, 6) is 0.178. The fourth-order valence-corrected chi connectivity index (χ4v) is 2.45. The molecule has 0 bridgehead atoms. The van der Waals surface area contributed by atoms with Gasteiger partial charge in [-0.2, -0.15) is 0 Å². The predicted molar refractivity (Wildman–Crippen MR) is 89.8 cm³/mol. The van der Waals surface area contributed by atoms with Crippen molar-refractivity contribution in [2.24, 2.45) is 0 Å². The van der Waals surface area contributed by atoms with Gasteiger partial charge in [0.15, 0.2) is 0 Å². The van der Waals surface area contributed by atoms with Gasteiger partial charge in [0.05, 0.1) is 6.54 Å². The lowest BCUT2D eigenvalue weighted by atomic mass is 10.1. The molecule has 1 aromatic carbocycles. The van der Waals surface area contributed by atoms with Crippen LogP contribution in [0.4, 0.5) is 5.69 Å². The van der Waals surface area contributed by atoms with Gasteiger partial charge in [-0.15, -0.1) is 0 Å². The molecule has 0 saturated carbocycles. The number of aryl methyl sites for hydroxylation is 1. The van der Waals surface area contributed by atoms with Crippen molar-refractivity contribution in [1.29, 1.82) is 0 Å². The molecule has 1 aromatic rings. The number of carbonyl (C=O) groups is 1. The van der Waals surface area contributed by atoms with E-state index in [1.165, 1.54) is 11.1 Å². The minimum absolute atomic E-state index is 0.178. The molecule has 21 heavy (non-hydrogen) atoms. The van der Waals surface area contributed by atoms with E-state index in [2.05, 4.69) is 37.4 Å². The Morgan fingerprint density at radius 3 is 2.43 bits per heavy atom. The lowest BCUT2D eigenvalue weighted by Gasteiger charge is -2.26. The molecule has 0 heterocycles. The first-order chi connectivity index (χ1) is 10.0. The molecule has 0 fully saturated rings. The van der Waals surface area contributed by atoms with E-state index in [9.17, 15) is 4.79 Å². The van der Waals surface area contributed by atoms with Crippen LogP contribution in [-0.4, -0.2) is 44.0 Å². The number of amides is 1. The molecule has 1 rings (SSSR count). The van der Waals surface area contributed by atoms with Gasteiger partial charge in [-0.25, -0.2) is 0 Å². The topological polar surface area (TPSA) is 35.6 Å². The molecule has 4 nitrogen and oxygen atoms in total. The molecule has 0 aromatic heterocycles. The van der Waals surface area contributed by atoms with Crippen molar-refractivity contribution >= 4 is 11.6 Å². The number of benzene rings is 1. The Kier molecular flexibility index (Phi) is 7.23. The number of anilines is 1. The Hall–Kier alpha value is -1.55. The molecule has 0 radical (unpaired) electrons. The summed E-state index contributed by atoms with van der Waals surface area (Å²) in [6, 6.07) is 6.40. The Morgan fingerprint density at radius 1 is 1.19 bits per heavy atom. The van der Waals surface area contributed by atoms with Gasteiger partial charge in [0.1, 0.15) is 0 Å². The molecule has 118 valence electrons. The lowest BCUT2D eigenvalue weighted by molar-refractivity contribution is -0.129. The molecule has 0 saturated heterocycles. The summed E-state index contributed by atoms with van der Waals surface area (Å²) < 4.78 is 0. The molecule has 4 heteroatoms. The summed E-state index contributed by atoms with van der Waals surface area (Å²) in [5, 5.41) is 3.36. The summed E-state index contributed by atoms with van der Waals surface area (Å²) in [4.78, 5) is 16.2. The van der Waals surface area contributed by atoms with Crippen molar-refractivity contribution < 1.29 is 4.79 Å². The maximum atomic E-state index is 12.2. The Labute approximate surface area is 129 Å². The molecule has 1 amide bonds. The molecule has 0 aliphatic rings. The molecular formula is C17H29N3O. The van der Waals surface area contributed by atoms with Crippen molar-refractivity contribution in [2.45, 2.75) is 34.2 Å². The van der Waals surface area contributed by atoms with E-state index in [1.807, 2.05) is 30.7 Å². The molecule has 1 N–H and O–H groups in total. The van der Waals surface area contributed by atoms with Gasteiger partial charge < -0.3 is 15.1 Å². The minimum Gasteiger partial charge on any atom is -0.365 e. The first-order valence-corrected chi connectivity index (χ1v) is 7.82. The average molecular weight is 291 g/mol. The zero-order valence-electron chi connectivity index (χ0n) is 14.1. The number of hydrogen-bond donors (Lipinski definition) is 1. The second-order valence-electron chi connectivity index (χ2n) is 5.33. The SMILES string of the molecule is CCNCc1cc(C)ccc1N(C)CC(=O)N(CC)CC. The second kappa shape index (κ2) is 8.67. The van der Waals surface area contributed by atoms with E-state index in [1.54, 1.807) is 0 Å².